The molecule has 1 aliphatic heterocycles. The molecule has 0 bridgehead atoms. The Balaban J connectivity index is 1.67. The summed E-state index contributed by atoms with van der Waals surface area (Å²) in [5.41, 5.74) is 3.61. The van der Waals surface area contributed by atoms with E-state index in [1.165, 1.54) is 16.7 Å². The molecular formula is C20H20ClN3O2S. The number of rotatable bonds is 4. The van der Waals surface area contributed by atoms with Crippen molar-refractivity contribution < 1.29 is 9.59 Å². The number of nitrogens with one attached hydrogen (secondary N) is 1. The summed E-state index contributed by atoms with van der Waals surface area (Å²) in [4.78, 5) is 30.9. The maximum Gasteiger partial charge on any atom is 0.242 e. The zero-order chi connectivity index (χ0) is 19.6. The van der Waals surface area contributed by atoms with Gasteiger partial charge in [0.2, 0.25) is 11.8 Å². The SMILES string of the molecule is Cc1ccc(NC(=O)CC2SC(=Nc3ccc(Cl)cc3)N(C)C2=O)c(C)c1. The topological polar surface area (TPSA) is 61.8 Å². The average molecular weight is 402 g/mol. The van der Waals surface area contributed by atoms with Gasteiger partial charge in [-0.15, -0.1) is 0 Å². The smallest absolute Gasteiger partial charge is 0.242 e. The Morgan fingerprint density at radius 1 is 1.22 bits per heavy atom. The van der Waals surface area contributed by atoms with E-state index < -0.39 is 5.25 Å². The molecular weight excluding hydrogens is 382 g/mol. The molecule has 2 amide bonds. The molecule has 140 valence electrons. The van der Waals surface area contributed by atoms with Crippen molar-refractivity contribution in [2.75, 3.05) is 12.4 Å². The van der Waals surface area contributed by atoms with Gasteiger partial charge >= 0.3 is 0 Å². The zero-order valence-corrected chi connectivity index (χ0v) is 16.9. The molecule has 1 saturated heterocycles. The van der Waals surface area contributed by atoms with Crippen molar-refractivity contribution >= 4 is 51.7 Å². The number of amides is 2. The molecule has 1 heterocycles. The van der Waals surface area contributed by atoms with Gasteiger partial charge in [0.25, 0.3) is 0 Å². The van der Waals surface area contributed by atoms with Gasteiger partial charge in [-0.05, 0) is 49.7 Å². The highest BCUT2D eigenvalue weighted by Gasteiger charge is 2.37. The van der Waals surface area contributed by atoms with Gasteiger partial charge in [0.15, 0.2) is 5.17 Å². The number of amidine groups is 1. The number of carbonyl (C=O) groups is 2. The standard InChI is InChI=1S/C20H20ClN3O2S/c1-12-4-9-16(13(2)10-12)23-18(25)11-17-19(26)24(3)20(27-17)22-15-7-5-14(21)6-8-15/h4-10,17H,11H2,1-3H3,(H,23,25). The lowest BCUT2D eigenvalue weighted by Gasteiger charge is -2.11. The summed E-state index contributed by atoms with van der Waals surface area (Å²) >= 11 is 7.19. The van der Waals surface area contributed by atoms with Gasteiger partial charge in [0.1, 0.15) is 5.25 Å². The van der Waals surface area contributed by atoms with E-state index in [0.717, 1.165) is 16.8 Å². The number of hydrogen-bond acceptors (Lipinski definition) is 4. The van der Waals surface area contributed by atoms with E-state index in [1.54, 1.807) is 31.3 Å². The Morgan fingerprint density at radius 3 is 2.59 bits per heavy atom. The zero-order valence-electron chi connectivity index (χ0n) is 15.3. The molecule has 1 atom stereocenters. The lowest BCUT2D eigenvalue weighted by molar-refractivity contribution is -0.127. The van der Waals surface area contributed by atoms with Gasteiger partial charge in [-0.25, -0.2) is 4.99 Å². The van der Waals surface area contributed by atoms with Crippen molar-refractivity contribution in [3.05, 3.63) is 58.6 Å². The molecule has 1 unspecified atom stereocenters. The molecule has 5 nitrogen and oxygen atoms in total. The minimum absolute atomic E-state index is 0.0980. The normalized spacial score (nSPS) is 18.2. The first-order chi connectivity index (χ1) is 12.8. The number of carbonyl (C=O) groups excluding carboxylic acids is 2. The van der Waals surface area contributed by atoms with Gasteiger partial charge in [0.05, 0.1) is 5.69 Å². The molecule has 0 aliphatic carbocycles. The number of halogens is 1. The maximum atomic E-state index is 12.5. The second kappa shape index (κ2) is 8.15. The van der Waals surface area contributed by atoms with E-state index in [1.807, 2.05) is 32.0 Å². The summed E-state index contributed by atoms with van der Waals surface area (Å²) in [5.74, 6) is -0.308. The minimum atomic E-state index is -0.480. The third-order valence-electron chi connectivity index (χ3n) is 4.22. The van der Waals surface area contributed by atoms with Gasteiger partial charge in [-0.2, -0.15) is 0 Å². The van der Waals surface area contributed by atoms with Gasteiger partial charge in [-0.3, -0.25) is 14.5 Å². The molecule has 0 radical (unpaired) electrons. The van der Waals surface area contributed by atoms with E-state index in [4.69, 9.17) is 11.6 Å². The summed E-state index contributed by atoms with van der Waals surface area (Å²) in [6.45, 7) is 3.95. The van der Waals surface area contributed by atoms with Crippen LogP contribution in [0.3, 0.4) is 0 Å². The Hall–Kier alpha value is -2.31. The van der Waals surface area contributed by atoms with Crippen LogP contribution in [0.1, 0.15) is 17.5 Å². The number of thioether (sulfide) groups is 1. The van der Waals surface area contributed by atoms with E-state index in [-0.39, 0.29) is 18.2 Å². The van der Waals surface area contributed by atoms with Crippen LogP contribution in [0.4, 0.5) is 11.4 Å². The molecule has 1 fully saturated rings. The summed E-state index contributed by atoms with van der Waals surface area (Å²) in [5, 5.41) is 3.62. The third kappa shape index (κ3) is 4.70. The van der Waals surface area contributed by atoms with Crippen LogP contribution < -0.4 is 5.32 Å². The third-order valence-corrected chi connectivity index (χ3v) is 5.70. The lowest BCUT2D eigenvalue weighted by atomic mass is 10.1. The summed E-state index contributed by atoms with van der Waals surface area (Å²) in [7, 11) is 1.67. The average Bonchev–Trinajstić information content (AvgIpc) is 2.87. The largest absolute Gasteiger partial charge is 0.326 e. The van der Waals surface area contributed by atoms with E-state index in [0.29, 0.717) is 15.9 Å². The first-order valence-corrected chi connectivity index (χ1v) is 9.75. The molecule has 1 aliphatic rings. The van der Waals surface area contributed by atoms with Crippen molar-refractivity contribution in [2.24, 2.45) is 4.99 Å². The predicted octanol–water partition coefficient (Wildman–Crippen LogP) is 4.55. The van der Waals surface area contributed by atoms with Crippen LogP contribution in [-0.4, -0.2) is 34.2 Å². The van der Waals surface area contributed by atoms with Gasteiger partial charge < -0.3 is 5.32 Å². The maximum absolute atomic E-state index is 12.5. The van der Waals surface area contributed by atoms with Crippen molar-refractivity contribution in [3.8, 4) is 0 Å². The monoisotopic (exact) mass is 401 g/mol. The van der Waals surface area contributed by atoms with Crippen LogP contribution >= 0.6 is 23.4 Å². The number of nitrogens with zero attached hydrogens (tertiary/aromatic N) is 2. The molecule has 2 aromatic carbocycles. The highest BCUT2D eigenvalue weighted by molar-refractivity contribution is 8.15. The van der Waals surface area contributed by atoms with Crippen LogP contribution in [0.25, 0.3) is 0 Å². The number of anilines is 1. The highest BCUT2D eigenvalue weighted by atomic mass is 35.5. The van der Waals surface area contributed by atoms with Crippen LogP contribution in [0, 0.1) is 13.8 Å². The summed E-state index contributed by atoms with van der Waals surface area (Å²) in [6, 6.07) is 12.9. The predicted molar refractivity (Wildman–Crippen MR) is 112 cm³/mol. The fourth-order valence-corrected chi connectivity index (χ4v) is 4.03. The molecule has 7 heteroatoms. The van der Waals surface area contributed by atoms with E-state index in [9.17, 15) is 9.59 Å². The molecule has 0 spiro atoms. The number of aryl methyl sites for hydroxylation is 2. The molecule has 27 heavy (non-hydrogen) atoms. The second-order valence-electron chi connectivity index (χ2n) is 6.45. The number of aliphatic imine (C=N–C) groups is 1. The van der Waals surface area contributed by atoms with Crippen molar-refractivity contribution in [3.63, 3.8) is 0 Å². The Labute approximate surface area is 167 Å². The highest BCUT2D eigenvalue weighted by Crippen LogP contribution is 2.31. The fourth-order valence-electron chi connectivity index (χ4n) is 2.75. The first-order valence-electron chi connectivity index (χ1n) is 8.49. The van der Waals surface area contributed by atoms with Gasteiger partial charge in [0, 0.05) is 24.2 Å². The van der Waals surface area contributed by atoms with Crippen LogP contribution in [0.5, 0.6) is 0 Å². The van der Waals surface area contributed by atoms with Crippen molar-refractivity contribution in [1.29, 1.82) is 0 Å². The molecule has 2 aromatic rings. The minimum Gasteiger partial charge on any atom is -0.326 e. The molecule has 0 aromatic heterocycles. The Morgan fingerprint density at radius 2 is 1.93 bits per heavy atom. The Kier molecular flexibility index (Phi) is 5.87. The number of hydrogen-bond donors (Lipinski definition) is 1. The van der Waals surface area contributed by atoms with Crippen LogP contribution in [0.2, 0.25) is 5.02 Å². The quantitative estimate of drug-likeness (QED) is 0.817. The second-order valence-corrected chi connectivity index (χ2v) is 8.05. The molecule has 3 rings (SSSR count). The molecule has 0 saturated carbocycles. The molecule has 1 N–H and O–H groups in total. The van der Waals surface area contributed by atoms with Crippen molar-refractivity contribution in [1.82, 2.24) is 4.90 Å². The van der Waals surface area contributed by atoms with E-state index in [2.05, 4.69) is 10.3 Å². The fraction of sp³-hybridized carbons (Fsp3) is 0.250. The van der Waals surface area contributed by atoms with Gasteiger partial charge in [-0.1, -0.05) is 41.1 Å². The van der Waals surface area contributed by atoms with Crippen LogP contribution in [-0.2, 0) is 9.59 Å². The van der Waals surface area contributed by atoms with Crippen molar-refractivity contribution in [2.45, 2.75) is 25.5 Å². The van der Waals surface area contributed by atoms with Crippen LogP contribution in [0.15, 0.2) is 47.5 Å². The van der Waals surface area contributed by atoms with E-state index >= 15 is 0 Å². The Bertz CT molecular complexity index is 912. The lowest BCUT2D eigenvalue weighted by Crippen LogP contribution is -2.30. The summed E-state index contributed by atoms with van der Waals surface area (Å²) in [6.07, 6.45) is 0.0980. The number of benzene rings is 2. The first kappa shape index (κ1) is 19.5. The summed E-state index contributed by atoms with van der Waals surface area (Å²) < 4.78 is 0.